The monoisotopic (exact) mass is 532 g/mol. The Morgan fingerprint density at radius 1 is 0.969 bits per heavy atom. The lowest BCUT2D eigenvalue weighted by molar-refractivity contribution is -0.140. The van der Waals surface area contributed by atoms with Gasteiger partial charge in [-0.2, -0.15) is 0 Å². The van der Waals surface area contributed by atoms with Gasteiger partial charge in [0, 0.05) is 34.5 Å². The molecule has 3 rings (SSSR count). The van der Waals surface area contributed by atoms with Gasteiger partial charge in [0.2, 0.25) is 11.8 Å². The Kier molecular flexibility index (Phi) is 8.74. The van der Waals surface area contributed by atoms with Gasteiger partial charge in [0.25, 0.3) is 0 Å². The van der Waals surface area contributed by atoms with Crippen molar-refractivity contribution in [2.45, 2.75) is 25.4 Å². The van der Waals surface area contributed by atoms with Crippen LogP contribution < -0.4 is 5.32 Å². The SMILES string of the molecule is CNC(=O)[C@@H](Cc1ccccc1)N(Cc1ccc(Br)cc1)C(=O)Cc1ccc(Cl)cc1Cl. The minimum Gasteiger partial charge on any atom is -0.357 e. The van der Waals surface area contributed by atoms with Gasteiger partial charge in [-0.15, -0.1) is 0 Å². The Hall–Kier alpha value is -2.34. The minimum atomic E-state index is -0.676. The van der Waals surface area contributed by atoms with Crippen LogP contribution in [0.25, 0.3) is 0 Å². The molecule has 0 heterocycles. The molecule has 0 spiro atoms. The molecule has 0 saturated carbocycles. The molecule has 32 heavy (non-hydrogen) atoms. The number of amides is 2. The summed E-state index contributed by atoms with van der Waals surface area (Å²) in [6, 6.07) is 21.8. The van der Waals surface area contributed by atoms with E-state index in [0.29, 0.717) is 28.6 Å². The number of carbonyl (C=O) groups is 2. The van der Waals surface area contributed by atoms with Crippen molar-refractivity contribution in [1.29, 1.82) is 0 Å². The Morgan fingerprint density at radius 2 is 1.66 bits per heavy atom. The second-order valence-corrected chi connectivity index (χ2v) is 9.14. The van der Waals surface area contributed by atoms with E-state index >= 15 is 0 Å². The molecule has 0 bridgehead atoms. The predicted octanol–water partition coefficient (Wildman–Crippen LogP) is 5.68. The lowest BCUT2D eigenvalue weighted by atomic mass is 10.0. The average molecular weight is 534 g/mol. The van der Waals surface area contributed by atoms with E-state index < -0.39 is 6.04 Å². The summed E-state index contributed by atoms with van der Waals surface area (Å²) < 4.78 is 0.944. The molecule has 0 aromatic heterocycles. The Morgan fingerprint density at radius 3 is 2.28 bits per heavy atom. The summed E-state index contributed by atoms with van der Waals surface area (Å²) in [5.74, 6) is -0.414. The van der Waals surface area contributed by atoms with Crippen molar-refractivity contribution in [3.8, 4) is 0 Å². The lowest BCUT2D eigenvalue weighted by Gasteiger charge is -2.31. The van der Waals surface area contributed by atoms with E-state index in [0.717, 1.165) is 15.6 Å². The van der Waals surface area contributed by atoms with Crippen LogP contribution >= 0.6 is 39.1 Å². The van der Waals surface area contributed by atoms with E-state index in [1.165, 1.54) is 0 Å². The summed E-state index contributed by atoms with van der Waals surface area (Å²) in [7, 11) is 1.58. The molecule has 1 atom stereocenters. The number of nitrogens with zero attached hydrogens (tertiary/aromatic N) is 1. The standard InChI is InChI=1S/C25H23BrCl2N2O2/c1-29-25(32)23(13-17-5-3-2-4-6-17)30(16-18-7-10-20(26)11-8-18)24(31)14-19-9-12-21(27)15-22(19)28/h2-12,15,23H,13-14,16H2,1H3,(H,29,32)/t23-/m1/s1. The second-order valence-electron chi connectivity index (χ2n) is 7.38. The molecule has 3 aromatic carbocycles. The highest BCUT2D eigenvalue weighted by atomic mass is 79.9. The largest absolute Gasteiger partial charge is 0.357 e. The van der Waals surface area contributed by atoms with Crippen molar-refractivity contribution in [1.82, 2.24) is 10.2 Å². The summed E-state index contributed by atoms with van der Waals surface area (Å²) in [4.78, 5) is 28.1. The molecular weight excluding hydrogens is 511 g/mol. The quantitative estimate of drug-likeness (QED) is 0.404. The van der Waals surface area contributed by atoms with Gasteiger partial charge in [-0.05, 0) is 41.0 Å². The molecule has 0 unspecified atom stereocenters. The van der Waals surface area contributed by atoms with Crippen molar-refractivity contribution in [2.24, 2.45) is 0 Å². The number of nitrogens with one attached hydrogen (secondary N) is 1. The normalized spacial score (nSPS) is 11.6. The summed E-state index contributed by atoms with van der Waals surface area (Å²) >= 11 is 15.8. The lowest BCUT2D eigenvalue weighted by Crippen LogP contribution is -2.50. The molecule has 166 valence electrons. The van der Waals surface area contributed by atoms with Gasteiger partial charge in [-0.3, -0.25) is 9.59 Å². The molecule has 4 nitrogen and oxygen atoms in total. The minimum absolute atomic E-state index is 0.0643. The van der Waals surface area contributed by atoms with E-state index in [1.54, 1.807) is 30.1 Å². The van der Waals surface area contributed by atoms with Crippen LogP contribution in [-0.2, 0) is 29.0 Å². The highest BCUT2D eigenvalue weighted by Crippen LogP contribution is 2.23. The molecular formula is C25H23BrCl2N2O2. The molecule has 3 aromatic rings. The molecule has 0 fully saturated rings. The van der Waals surface area contributed by atoms with Crippen molar-refractivity contribution >= 4 is 50.9 Å². The maximum Gasteiger partial charge on any atom is 0.242 e. The third-order valence-electron chi connectivity index (χ3n) is 5.14. The zero-order chi connectivity index (χ0) is 23.1. The first-order valence-corrected chi connectivity index (χ1v) is 11.7. The third-order valence-corrected chi connectivity index (χ3v) is 6.26. The van der Waals surface area contributed by atoms with Gasteiger partial charge in [0.15, 0.2) is 0 Å². The predicted molar refractivity (Wildman–Crippen MR) is 133 cm³/mol. The van der Waals surface area contributed by atoms with Gasteiger partial charge in [-0.25, -0.2) is 0 Å². The van der Waals surface area contributed by atoms with Crippen LogP contribution in [0.2, 0.25) is 10.0 Å². The van der Waals surface area contributed by atoms with Crippen LogP contribution in [-0.4, -0.2) is 29.8 Å². The molecule has 7 heteroatoms. The van der Waals surface area contributed by atoms with Gasteiger partial charge >= 0.3 is 0 Å². The van der Waals surface area contributed by atoms with Gasteiger partial charge in [0.1, 0.15) is 6.04 Å². The maximum atomic E-state index is 13.5. The summed E-state index contributed by atoms with van der Waals surface area (Å²) in [5.41, 5.74) is 2.56. The highest BCUT2D eigenvalue weighted by Gasteiger charge is 2.30. The van der Waals surface area contributed by atoms with Crippen LogP contribution in [0.3, 0.4) is 0 Å². The van der Waals surface area contributed by atoms with Crippen molar-refractivity contribution < 1.29 is 9.59 Å². The smallest absolute Gasteiger partial charge is 0.242 e. The first-order valence-electron chi connectivity index (χ1n) is 10.1. The Balaban J connectivity index is 1.95. The van der Waals surface area contributed by atoms with E-state index in [2.05, 4.69) is 21.2 Å². The van der Waals surface area contributed by atoms with Gasteiger partial charge < -0.3 is 10.2 Å². The second kappa shape index (κ2) is 11.5. The Labute approximate surface area is 206 Å². The van der Waals surface area contributed by atoms with Crippen molar-refractivity contribution in [3.05, 3.63) is 104 Å². The number of hydrogen-bond donors (Lipinski definition) is 1. The van der Waals surface area contributed by atoms with Crippen LogP contribution in [0, 0.1) is 0 Å². The molecule has 1 N–H and O–H groups in total. The van der Waals surface area contributed by atoms with E-state index in [1.807, 2.05) is 54.6 Å². The van der Waals surface area contributed by atoms with Crippen LogP contribution in [0.15, 0.2) is 77.3 Å². The van der Waals surface area contributed by atoms with E-state index in [4.69, 9.17) is 23.2 Å². The summed E-state index contributed by atoms with van der Waals surface area (Å²) in [5, 5.41) is 3.64. The van der Waals surface area contributed by atoms with E-state index in [-0.39, 0.29) is 18.2 Å². The average Bonchev–Trinajstić information content (AvgIpc) is 2.79. The highest BCUT2D eigenvalue weighted by molar-refractivity contribution is 9.10. The zero-order valence-electron chi connectivity index (χ0n) is 17.5. The topological polar surface area (TPSA) is 49.4 Å². The molecule has 0 aliphatic carbocycles. The van der Waals surface area contributed by atoms with Crippen LogP contribution in [0.5, 0.6) is 0 Å². The Bertz CT molecular complexity index is 1080. The zero-order valence-corrected chi connectivity index (χ0v) is 20.6. The molecule has 0 saturated heterocycles. The number of rotatable bonds is 8. The summed E-state index contributed by atoms with van der Waals surface area (Å²) in [6.45, 7) is 0.294. The fourth-order valence-electron chi connectivity index (χ4n) is 3.44. The number of benzene rings is 3. The number of likely N-dealkylation sites (N-methyl/N-ethyl adjacent to an activating group) is 1. The number of halogens is 3. The fourth-order valence-corrected chi connectivity index (χ4v) is 4.18. The van der Waals surface area contributed by atoms with Crippen molar-refractivity contribution in [3.63, 3.8) is 0 Å². The van der Waals surface area contributed by atoms with E-state index in [9.17, 15) is 9.59 Å². The van der Waals surface area contributed by atoms with Gasteiger partial charge in [0.05, 0.1) is 6.42 Å². The van der Waals surface area contributed by atoms with Crippen LogP contribution in [0.4, 0.5) is 0 Å². The maximum absolute atomic E-state index is 13.5. The third kappa shape index (κ3) is 6.58. The number of hydrogen-bond acceptors (Lipinski definition) is 2. The first-order chi connectivity index (χ1) is 15.4. The fraction of sp³-hybridized carbons (Fsp3) is 0.200. The van der Waals surface area contributed by atoms with Crippen LogP contribution in [0.1, 0.15) is 16.7 Å². The molecule has 2 amide bonds. The first kappa shape index (κ1) is 24.3. The molecule has 0 aliphatic rings. The number of carbonyl (C=O) groups excluding carboxylic acids is 2. The molecule has 0 radical (unpaired) electrons. The van der Waals surface area contributed by atoms with Gasteiger partial charge in [-0.1, -0.05) is 87.7 Å². The summed E-state index contributed by atoms with van der Waals surface area (Å²) in [6.07, 6.45) is 0.464. The van der Waals surface area contributed by atoms with Crippen molar-refractivity contribution in [2.75, 3.05) is 7.05 Å². The molecule has 0 aliphatic heterocycles.